The van der Waals surface area contributed by atoms with Gasteiger partial charge in [-0.05, 0) is 24.6 Å². The number of imide groups is 1. The lowest BCUT2D eigenvalue weighted by Gasteiger charge is -2.06. The molecule has 0 spiro atoms. The Morgan fingerprint density at radius 3 is 2.86 bits per heavy atom. The molecule has 0 atom stereocenters. The van der Waals surface area contributed by atoms with Gasteiger partial charge in [0.25, 0.3) is 0 Å². The van der Waals surface area contributed by atoms with Crippen molar-refractivity contribution in [2.24, 2.45) is 0 Å². The molecule has 0 saturated carbocycles. The van der Waals surface area contributed by atoms with Crippen LogP contribution in [-0.4, -0.2) is 27.8 Å². The standard InChI is InChI=1S/C13H13ClN4O2S2/c1-7-9(14)4-3-5-10(7)16-12-17-18-13(22-12)21-6-11(20)15-8(2)19/h3-5H,6H2,1-2H3,(H,16,17)(H,15,19,20). The number of hydrogen-bond donors (Lipinski definition) is 2. The monoisotopic (exact) mass is 356 g/mol. The van der Waals surface area contributed by atoms with Crippen LogP contribution >= 0.6 is 34.7 Å². The van der Waals surface area contributed by atoms with Crippen molar-refractivity contribution < 1.29 is 9.59 Å². The number of rotatable bonds is 5. The molecule has 1 aromatic heterocycles. The van der Waals surface area contributed by atoms with Gasteiger partial charge in [-0.2, -0.15) is 0 Å². The molecule has 0 saturated heterocycles. The average molecular weight is 357 g/mol. The smallest absolute Gasteiger partial charge is 0.236 e. The van der Waals surface area contributed by atoms with Gasteiger partial charge in [-0.15, -0.1) is 10.2 Å². The molecule has 1 aromatic carbocycles. The summed E-state index contributed by atoms with van der Waals surface area (Å²) in [5, 5.41) is 14.6. The minimum atomic E-state index is -0.373. The summed E-state index contributed by atoms with van der Waals surface area (Å²) in [5.41, 5.74) is 1.78. The Kier molecular flexibility index (Phi) is 5.76. The highest BCUT2D eigenvalue weighted by Gasteiger charge is 2.10. The molecule has 0 aliphatic rings. The number of hydrogen-bond acceptors (Lipinski definition) is 7. The van der Waals surface area contributed by atoms with E-state index in [9.17, 15) is 9.59 Å². The van der Waals surface area contributed by atoms with Crippen LogP contribution in [0.4, 0.5) is 10.8 Å². The molecule has 0 bridgehead atoms. The summed E-state index contributed by atoms with van der Waals surface area (Å²) in [6.45, 7) is 3.20. The van der Waals surface area contributed by atoms with Gasteiger partial charge in [-0.3, -0.25) is 14.9 Å². The molecular formula is C13H13ClN4O2S2. The van der Waals surface area contributed by atoms with Gasteiger partial charge in [0, 0.05) is 17.6 Å². The number of halogens is 1. The maximum atomic E-state index is 11.4. The second kappa shape index (κ2) is 7.57. The van der Waals surface area contributed by atoms with Crippen molar-refractivity contribution in [3.63, 3.8) is 0 Å². The predicted molar refractivity (Wildman–Crippen MR) is 88.9 cm³/mol. The van der Waals surface area contributed by atoms with E-state index >= 15 is 0 Å². The molecule has 6 nitrogen and oxygen atoms in total. The molecule has 2 amide bonds. The van der Waals surface area contributed by atoms with Crippen LogP contribution in [0, 0.1) is 6.92 Å². The second-order valence-electron chi connectivity index (χ2n) is 4.30. The fourth-order valence-electron chi connectivity index (χ4n) is 1.54. The number of thioether (sulfide) groups is 1. The highest BCUT2D eigenvalue weighted by Crippen LogP contribution is 2.30. The lowest BCUT2D eigenvalue weighted by atomic mass is 10.2. The van der Waals surface area contributed by atoms with Crippen LogP contribution < -0.4 is 10.6 Å². The first-order valence-electron chi connectivity index (χ1n) is 6.24. The Labute approximate surface area is 140 Å². The summed E-state index contributed by atoms with van der Waals surface area (Å²) in [6, 6.07) is 5.56. The minimum Gasteiger partial charge on any atom is -0.330 e. The van der Waals surface area contributed by atoms with E-state index in [-0.39, 0.29) is 17.6 Å². The number of nitrogens with one attached hydrogen (secondary N) is 2. The van der Waals surface area contributed by atoms with Crippen molar-refractivity contribution in [1.29, 1.82) is 0 Å². The molecule has 22 heavy (non-hydrogen) atoms. The summed E-state index contributed by atoms with van der Waals surface area (Å²) >= 11 is 8.61. The van der Waals surface area contributed by atoms with Gasteiger partial charge in [-0.25, -0.2) is 0 Å². The molecular weight excluding hydrogens is 344 g/mol. The van der Waals surface area contributed by atoms with Crippen LogP contribution in [0.15, 0.2) is 22.5 Å². The number of aromatic nitrogens is 2. The molecule has 9 heteroatoms. The van der Waals surface area contributed by atoms with Gasteiger partial charge in [0.2, 0.25) is 16.9 Å². The Balaban J connectivity index is 1.95. The van der Waals surface area contributed by atoms with Gasteiger partial charge < -0.3 is 5.32 Å². The Bertz CT molecular complexity index is 705. The fourth-order valence-corrected chi connectivity index (χ4v) is 3.28. The van der Waals surface area contributed by atoms with Crippen molar-refractivity contribution in [2.75, 3.05) is 11.1 Å². The molecule has 116 valence electrons. The first kappa shape index (κ1) is 16.7. The number of nitrogens with zero attached hydrogens (tertiary/aromatic N) is 2. The lowest BCUT2D eigenvalue weighted by molar-refractivity contribution is -0.127. The number of carbonyl (C=O) groups excluding carboxylic acids is 2. The van der Waals surface area contributed by atoms with Crippen molar-refractivity contribution >= 4 is 57.3 Å². The molecule has 2 aromatic rings. The van der Waals surface area contributed by atoms with Gasteiger partial charge in [0.1, 0.15) is 0 Å². The normalized spacial score (nSPS) is 10.3. The maximum Gasteiger partial charge on any atom is 0.236 e. The zero-order chi connectivity index (χ0) is 16.1. The molecule has 0 radical (unpaired) electrons. The van der Waals surface area contributed by atoms with E-state index < -0.39 is 0 Å². The van der Waals surface area contributed by atoms with Crippen LogP contribution in [0.1, 0.15) is 12.5 Å². The van der Waals surface area contributed by atoms with Crippen LogP contribution in [0.3, 0.4) is 0 Å². The zero-order valence-corrected chi connectivity index (χ0v) is 14.2. The van der Waals surface area contributed by atoms with Crippen molar-refractivity contribution in [2.45, 2.75) is 18.2 Å². The molecule has 2 N–H and O–H groups in total. The van der Waals surface area contributed by atoms with Gasteiger partial charge in [0.15, 0.2) is 4.34 Å². The first-order chi connectivity index (χ1) is 10.5. The first-order valence-corrected chi connectivity index (χ1v) is 8.42. The third-order valence-corrected chi connectivity index (χ3v) is 4.94. The summed E-state index contributed by atoms with van der Waals surface area (Å²) in [7, 11) is 0. The molecule has 0 fully saturated rings. The summed E-state index contributed by atoms with van der Waals surface area (Å²) in [4.78, 5) is 22.1. The number of benzene rings is 1. The van der Waals surface area contributed by atoms with Gasteiger partial charge in [0.05, 0.1) is 5.75 Å². The predicted octanol–water partition coefficient (Wildman–Crippen LogP) is 3.00. The maximum absolute atomic E-state index is 11.4. The number of anilines is 2. The highest BCUT2D eigenvalue weighted by molar-refractivity contribution is 8.01. The molecule has 0 aliphatic heterocycles. The molecule has 0 unspecified atom stereocenters. The Hall–Kier alpha value is -1.64. The van der Waals surface area contributed by atoms with Crippen molar-refractivity contribution in [3.8, 4) is 0 Å². The SMILES string of the molecule is CC(=O)NC(=O)CSc1nnc(Nc2cccc(Cl)c2C)s1. The molecule has 0 aliphatic carbocycles. The third-order valence-electron chi connectivity index (χ3n) is 2.56. The fraction of sp³-hybridized carbons (Fsp3) is 0.231. The second-order valence-corrected chi connectivity index (χ2v) is 6.91. The van der Waals surface area contributed by atoms with Crippen LogP contribution in [0.5, 0.6) is 0 Å². The van der Waals surface area contributed by atoms with Crippen LogP contribution in [0.2, 0.25) is 5.02 Å². The van der Waals surface area contributed by atoms with Crippen LogP contribution in [-0.2, 0) is 9.59 Å². The summed E-state index contributed by atoms with van der Waals surface area (Å²) < 4.78 is 0.640. The Morgan fingerprint density at radius 1 is 1.36 bits per heavy atom. The lowest BCUT2D eigenvalue weighted by Crippen LogP contribution is -2.29. The van der Waals surface area contributed by atoms with E-state index in [1.807, 2.05) is 25.1 Å². The van der Waals surface area contributed by atoms with E-state index in [0.29, 0.717) is 14.5 Å². The number of carbonyl (C=O) groups is 2. The average Bonchev–Trinajstić information content (AvgIpc) is 2.89. The minimum absolute atomic E-state index is 0.115. The highest BCUT2D eigenvalue weighted by atomic mass is 35.5. The summed E-state index contributed by atoms with van der Waals surface area (Å²) in [6.07, 6.45) is 0. The van der Waals surface area contributed by atoms with Crippen LogP contribution in [0.25, 0.3) is 0 Å². The number of amides is 2. The van der Waals surface area contributed by atoms with E-state index in [1.54, 1.807) is 0 Å². The molecule has 1 heterocycles. The molecule has 2 rings (SSSR count). The van der Waals surface area contributed by atoms with E-state index in [4.69, 9.17) is 11.6 Å². The largest absolute Gasteiger partial charge is 0.330 e. The van der Waals surface area contributed by atoms with E-state index in [1.165, 1.54) is 30.0 Å². The zero-order valence-electron chi connectivity index (χ0n) is 11.8. The van der Waals surface area contributed by atoms with Gasteiger partial charge >= 0.3 is 0 Å². The third kappa shape index (κ3) is 4.69. The van der Waals surface area contributed by atoms with Crippen molar-refractivity contribution in [1.82, 2.24) is 15.5 Å². The van der Waals surface area contributed by atoms with E-state index in [2.05, 4.69) is 20.8 Å². The summed E-state index contributed by atoms with van der Waals surface area (Å²) in [5.74, 6) is -0.612. The van der Waals surface area contributed by atoms with E-state index in [0.717, 1.165) is 11.3 Å². The van der Waals surface area contributed by atoms with Crippen molar-refractivity contribution in [3.05, 3.63) is 28.8 Å². The topological polar surface area (TPSA) is 84.0 Å². The van der Waals surface area contributed by atoms with Gasteiger partial charge in [-0.1, -0.05) is 40.8 Å². The Morgan fingerprint density at radius 2 is 2.14 bits per heavy atom. The quantitative estimate of drug-likeness (QED) is 0.801.